The Bertz CT molecular complexity index is 1260. The summed E-state index contributed by atoms with van der Waals surface area (Å²) >= 11 is 6.35. The van der Waals surface area contributed by atoms with Crippen LogP contribution in [0.15, 0.2) is 36.4 Å². The molecule has 4 N–H and O–H groups in total. The zero-order valence-corrected chi connectivity index (χ0v) is 20.0. The quantitative estimate of drug-likeness (QED) is 0.523. The molecule has 0 radical (unpaired) electrons. The molecule has 0 aliphatic carbocycles. The van der Waals surface area contributed by atoms with Crippen LogP contribution in [0.5, 0.6) is 5.75 Å². The molecular formula is C25H25ClN4O5. The van der Waals surface area contributed by atoms with E-state index in [1.54, 1.807) is 43.5 Å². The summed E-state index contributed by atoms with van der Waals surface area (Å²) in [5.74, 6) is -2.90. The van der Waals surface area contributed by atoms with Crippen LogP contribution in [0.1, 0.15) is 29.5 Å². The molecule has 0 saturated carbocycles. The van der Waals surface area contributed by atoms with E-state index in [4.69, 9.17) is 22.1 Å². The number of nitrogens with zero attached hydrogens (tertiary/aromatic N) is 1. The highest BCUT2D eigenvalue weighted by Crippen LogP contribution is 2.54. The zero-order chi connectivity index (χ0) is 25.1. The maximum Gasteiger partial charge on any atom is 0.250 e. The highest BCUT2D eigenvalue weighted by Gasteiger charge is 2.70. The van der Waals surface area contributed by atoms with E-state index >= 15 is 0 Å². The number of aryl methyl sites for hydroxylation is 1. The van der Waals surface area contributed by atoms with Crippen molar-refractivity contribution < 1.29 is 23.9 Å². The summed E-state index contributed by atoms with van der Waals surface area (Å²) in [5.41, 5.74) is 6.52. The van der Waals surface area contributed by atoms with Crippen LogP contribution in [0.4, 0.5) is 5.69 Å². The zero-order valence-electron chi connectivity index (χ0n) is 19.3. The van der Waals surface area contributed by atoms with Gasteiger partial charge < -0.3 is 15.8 Å². The van der Waals surface area contributed by atoms with Crippen molar-refractivity contribution in [2.45, 2.75) is 37.9 Å². The first kappa shape index (κ1) is 23.3. The number of likely N-dealkylation sites (tertiary alicyclic amines) is 1. The highest BCUT2D eigenvalue weighted by molar-refractivity contribution is 6.31. The number of nitrogens with two attached hydrogens (primary N) is 1. The summed E-state index contributed by atoms with van der Waals surface area (Å²) in [7, 11) is 1.56. The number of primary amides is 1. The second-order valence-corrected chi connectivity index (χ2v) is 9.71. The lowest BCUT2D eigenvalue weighted by molar-refractivity contribution is -0.143. The van der Waals surface area contributed by atoms with Gasteiger partial charge in [-0.3, -0.25) is 29.4 Å². The fourth-order valence-electron chi connectivity index (χ4n) is 5.71. The molecule has 3 heterocycles. The van der Waals surface area contributed by atoms with Gasteiger partial charge in [0.25, 0.3) is 0 Å². The minimum Gasteiger partial charge on any atom is -0.497 e. The monoisotopic (exact) mass is 496 g/mol. The molecule has 3 aliphatic heterocycles. The van der Waals surface area contributed by atoms with Crippen LogP contribution in [0.2, 0.25) is 5.02 Å². The van der Waals surface area contributed by atoms with E-state index in [-0.39, 0.29) is 25.3 Å². The van der Waals surface area contributed by atoms with Crippen molar-refractivity contribution in [2.24, 2.45) is 17.6 Å². The molecule has 2 fully saturated rings. The van der Waals surface area contributed by atoms with E-state index < -0.39 is 41.1 Å². The van der Waals surface area contributed by atoms with Gasteiger partial charge in [-0.05, 0) is 48.7 Å². The predicted octanol–water partition coefficient (Wildman–Crippen LogP) is 1.84. The van der Waals surface area contributed by atoms with Crippen molar-refractivity contribution >= 4 is 40.9 Å². The van der Waals surface area contributed by atoms with Crippen molar-refractivity contribution in [2.75, 3.05) is 12.4 Å². The maximum atomic E-state index is 13.8. The van der Waals surface area contributed by atoms with Crippen LogP contribution < -0.4 is 21.1 Å². The average Bonchev–Trinajstić information content (AvgIpc) is 3.39. The Hall–Kier alpha value is -3.43. The Kier molecular flexibility index (Phi) is 5.56. The number of amides is 4. The molecule has 2 saturated heterocycles. The van der Waals surface area contributed by atoms with Crippen LogP contribution in [-0.4, -0.2) is 41.7 Å². The number of benzene rings is 2. The lowest BCUT2D eigenvalue weighted by atomic mass is 9.76. The number of rotatable bonds is 6. The van der Waals surface area contributed by atoms with Gasteiger partial charge in [0.1, 0.15) is 11.3 Å². The van der Waals surface area contributed by atoms with Gasteiger partial charge in [0.2, 0.25) is 23.6 Å². The largest absolute Gasteiger partial charge is 0.497 e. The smallest absolute Gasteiger partial charge is 0.250 e. The number of imide groups is 1. The molecule has 4 atom stereocenters. The number of carbonyl (C=O) groups excluding carboxylic acids is 4. The molecule has 182 valence electrons. The molecule has 4 amide bonds. The van der Waals surface area contributed by atoms with Crippen molar-refractivity contribution in [1.82, 2.24) is 10.2 Å². The molecule has 0 bridgehead atoms. The van der Waals surface area contributed by atoms with Crippen molar-refractivity contribution in [1.29, 1.82) is 0 Å². The molecule has 3 aliphatic rings. The second kappa shape index (κ2) is 8.35. The van der Waals surface area contributed by atoms with E-state index in [1.807, 2.05) is 6.92 Å². The Labute approximate surface area is 206 Å². The Morgan fingerprint density at radius 1 is 1.17 bits per heavy atom. The lowest BCUT2D eigenvalue weighted by Gasteiger charge is -2.29. The summed E-state index contributed by atoms with van der Waals surface area (Å²) < 4.78 is 5.18. The number of fused-ring (bicyclic) bond motifs is 4. The molecule has 0 aromatic heterocycles. The molecule has 5 rings (SSSR count). The van der Waals surface area contributed by atoms with Gasteiger partial charge >= 0.3 is 0 Å². The number of carbonyl (C=O) groups is 4. The van der Waals surface area contributed by atoms with E-state index in [2.05, 4.69) is 10.6 Å². The van der Waals surface area contributed by atoms with Gasteiger partial charge in [0.05, 0.1) is 25.5 Å². The first-order valence-corrected chi connectivity index (χ1v) is 11.7. The first-order valence-electron chi connectivity index (χ1n) is 11.3. The minimum atomic E-state index is -1.47. The maximum absolute atomic E-state index is 13.8. The van der Waals surface area contributed by atoms with Crippen molar-refractivity contribution in [3.8, 4) is 5.75 Å². The van der Waals surface area contributed by atoms with Crippen molar-refractivity contribution in [3.63, 3.8) is 0 Å². The van der Waals surface area contributed by atoms with E-state index in [1.165, 1.54) is 4.90 Å². The van der Waals surface area contributed by atoms with E-state index in [0.29, 0.717) is 22.0 Å². The van der Waals surface area contributed by atoms with E-state index in [0.717, 1.165) is 11.1 Å². The van der Waals surface area contributed by atoms with Gasteiger partial charge in [-0.15, -0.1) is 0 Å². The van der Waals surface area contributed by atoms with Crippen LogP contribution in [0, 0.1) is 18.8 Å². The topological polar surface area (TPSA) is 131 Å². The number of hydrogen-bond donors (Lipinski definition) is 3. The second-order valence-electron chi connectivity index (χ2n) is 9.28. The Morgan fingerprint density at radius 3 is 2.54 bits per heavy atom. The third-order valence-electron chi connectivity index (χ3n) is 7.28. The van der Waals surface area contributed by atoms with Crippen LogP contribution in [-0.2, 0) is 31.3 Å². The summed E-state index contributed by atoms with van der Waals surface area (Å²) in [4.78, 5) is 53.7. The lowest BCUT2D eigenvalue weighted by Crippen LogP contribution is -2.53. The predicted molar refractivity (Wildman–Crippen MR) is 127 cm³/mol. The minimum absolute atomic E-state index is 0.0139. The molecule has 0 unspecified atom stereocenters. The third-order valence-corrected chi connectivity index (χ3v) is 7.50. The molecule has 35 heavy (non-hydrogen) atoms. The molecule has 9 nitrogen and oxygen atoms in total. The number of hydrogen-bond acceptors (Lipinski definition) is 6. The highest BCUT2D eigenvalue weighted by atomic mass is 35.5. The number of ether oxygens (including phenoxy) is 1. The summed E-state index contributed by atoms with van der Waals surface area (Å²) in [6.07, 6.45) is 0.232. The molecule has 2 aromatic rings. The average molecular weight is 497 g/mol. The van der Waals surface area contributed by atoms with Crippen LogP contribution in [0.25, 0.3) is 0 Å². The molecule has 1 spiro atoms. The van der Waals surface area contributed by atoms with E-state index in [9.17, 15) is 19.2 Å². The Morgan fingerprint density at radius 2 is 1.89 bits per heavy atom. The fraction of sp³-hybridized carbons (Fsp3) is 0.360. The standard InChI is InChI=1S/C25H25ClN4O5/c1-12-9-14(26)10-16-21(12)28-24(34)25(16)20-19(17(29-25)7-8-18(27)31)22(32)30(23(20)33)11-13-3-5-15(35-2)6-4-13/h3-6,9-10,17,19-20,29H,7-8,11H2,1-2H3,(H2,27,31)(H,28,34)/t17-,19+,20-,25-/m0/s1. The summed E-state index contributed by atoms with van der Waals surface area (Å²) in [5, 5.41) is 6.59. The van der Waals surface area contributed by atoms with Crippen molar-refractivity contribution in [3.05, 3.63) is 58.1 Å². The summed E-state index contributed by atoms with van der Waals surface area (Å²) in [6, 6.07) is 9.87. The van der Waals surface area contributed by atoms with Crippen LogP contribution in [0.3, 0.4) is 0 Å². The number of anilines is 1. The number of halogens is 1. The fourth-order valence-corrected chi connectivity index (χ4v) is 5.98. The SMILES string of the molecule is COc1ccc(CN2C(=O)[C@@H]3[C@H](CCC(N)=O)N[C@]4(C(=O)Nc5c(C)cc(Cl)cc54)[C@@H]3C2=O)cc1. The van der Waals surface area contributed by atoms with Gasteiger partial charge in [-0.1, -0.05) is 23.7 Å². The molecular weight excluding hydrogens is 472 g/mol. The summed E-state index contributed by atoms with van der Waals surface area (Å²) in [6.45, 7) is 1.88. The number of nitrogens with one attached hydrogen (secondary N) is 2. The van der Waals surface area contributed by atoms with Gasteiger partial charge in [-0.2, -0.15) is 0 Å². The number of methoxy groups -OCH3 is 1. The van der Waals surface area contributed by atoms with Gasteiger partial charge in [0, 0.05) is 28.7 Å². The van der Waals surface area contributed by atoms with Crippen LogP contribution >= 0.6 is 11.6 Å². The third kappa shape index (κ3) is 3.49. The normalized spacial score (nSPS) is 26.8. The Balaban J connectivity index is 1.58. The van der Waals surface area contributed by atoms with Gasteiger partial charge in [0.15, 0.2) is 0 Å². The molecule has 2 aromatic carbocycles. The first-order chi connectivity index (χ1) is 16.7. The van der Waals surface area contributed by atoms with Gasteiger partial charge in [-0.25, -0.2) is 0 Å². The molecule has 10 heteroatoms.